The number of nitrogens with two attached hydrogens (primary N) is 1. The van der Waals surface area contributed by atoms with Gasteiger partial charge in [0.15, 0.2) is 0 Å². The first-order valence-corrected chi connectivity index (χ1v) is 3.07. The monoisotopic (exact) mass is 154 g/mol. The Bertz CT molecular complexity index is 275. The normalized spacial score (nSPS) is 9.55. The van der Waals surface area contributed by atoms with Crippen LogP contribution in [0.5, 0.6) is 0 Å². The van der Waals surface area contributed by atoms with Crippen molar-refractivity contribution in [1.82, 2.24) is 4.98 Å². The molecule has 0 aliphatic carbocycles. The summed E-state index contributed by atoms with van der Waals surface area (Å²) >= 11 is 0. The van der Waals surface area contributed by atoms with E-state index in [0.717, 1.165) is 0 Å². The van der Waals surface area contributed by atoms with E-state index in [1.807, 2.05) is 0 Å². The zero-order chi connectivity index (χ0) is 8.27. The highest BCUT2D eigenvalue weighted by Crippen LogP contribution is 1.99. The molecule has 3 nitrogen and oxygen atoms in total. The molecule has 2 N–H and O–H groups in total. The Balaban J connectivity index is 2.79. The number of hydrogen-bond acceptors (Lipinski definition) is 2. The first-order chi connectivity index (χ1) is 5.18. The molecule has 1 aromatic rings. The summed E-state index contributed by atoms with van der Waals surface area (Å²) < 4.78 is 12.4. The van der Waals surface area contributed by atoms with E-state index in [0.29, 0.717) is 5.69 Å². The Hall–Kier alpha value is -1.45. The Kier molecular flexibility index (Phi) is 2.15. The number of halogens is 1. The molecule has 0 saturated heterocycles. The largest absolute Gasteiger partial charge is 0.369 e. The zero-order valence-electron chi connectivity index (χ0n) is 5.75. The van der Waals surface area contributed by atoms with Gasteiger partial charge in [-0.1, -0.05) is 0 Å². The molecule has 0 spiro atoms. The molecule has 1 amide bonds. The summed E-state index contributed by atoms with van der Waals surface area (Å²) in [5, 5.41) is 0. The number of aromatic nitrogens is 1. The molecule has 0 aliphatic heterocycles. The van der Waals surface area contributed by atoms with Crippen molar-refractivity contribution < 1.29 is 9.18 Å². The Morgan fingerprint density at radius 2 is 2.45 bits per heavy atom. The summed E-state index contributed by atoms with van der Waals surface area (Å²) in [5.41, 5.74) is 5.23. The van der Waals surface area contributed by atoms with E-state index in [1.54, 1.807) is 0 Å². The number of nitrogens with zero attached hydrogens (tertiary/aromatic N) is 1. The van der Waals surface area contributed by atoms with Crippen molar-refractivity contribution in [3.05, 3.63) is 29.8 Å². The Morgan fingerprint density at radius 3 is 3.00 bits per heavy atom. The van der Waals surface area contributed by atoms with Crippen LogP contribution in [0.2, 0.25) is 0 Å². The van der Waals surface area contributed by atoms with Crippen LogP contribution in [-0.2, 0) is 11.2 Å². The average Bonchev–Trinajstić information content (AvgIpc) is 1.85. The van der Waals surface area contributed by atoms with Crippen molar-refractivity contribution in [2.75, 3.05) is 0 Å². The van der Waals surface area contributed by atoms with Gasteiger partial charge in [-0.2, -0.15) is 0 Å². The third kappa shape index (κ3) is 2.33. The lowest BCUT2D eigenvalue weighted by molar-refractivity contribution is -0.117. The van der Waals surface area contributed by atoms with Gasteiger partial charge in [-0.15, -0.1) is 0 Å². The van der Waals surface area contributed by atoms with Gasteiger partial charge < -0.3 is 5.73 Å². The van der Waals surface area contributed by atoms with Gasteiger partial charge in [0, 0.05) is 6.20 Å². The molecule has 0 bridgehead atoms. The van der Waals surface area contributed by atoms with Crippen LogP contribution in [0.15, 0.2) is 18.3 Å². The van der Waals surface area contributed by atoms with Gasteiger partial charge in [0.2, 0.25) is 5.91 Å². The van der Waals surface area contributed by atoms with Crippen molar-refractivity contribution in [1.29, 1.82) is 0 Å². The van der Waals surface area contributed by atoms with Crippen LogP contribution in [0.3, 0.4) is 0 Å². The molecule has 11 heavy (non-hydrogen) atoms. The van der Waals surface area contributed by atoms with Crippen LogP contribution in [0.25, 0.3) is 0 Å². The minimum absolute atomic E-state index is 0.0161. The molecular formula is C7H7FN2O. The average molecular weight is 154 g/mol. The lowest BCUT2D eigenvalue weighted by Gasteiger charge is -1.94. The molecule has 1 heterocycles. The molecule has 0 atom stereocenters. The highest BCUT2D eigenvalue weighted by molar-refractivity contribution is 5.76. The SMILES string of the molecule is NC(=O)Cc1cc(F)ccn1. The molecule has 1 aromatic heterocycles. The maximum atomic E-state index is 12.4. The fraction of sp³-hybridized carbons (Fsp3) is 0.143. The van der Waals surface area contributed by atoms with Crippen LogP contribution in [-0.4, -0.2) is 10.9 Å². The van der Waals surface area contributed by atoms with Crippen molar-refractivity contribution in [3.8, 4) is 0 Å². The summed E-state index contributed by atoms with van der Waals surface area (Å²) in [6.45, 7) is 0. The van der Waals surface area contributed by atoms with E-state index in [1.165, 1.54) is 18.3 Å². The van der Waals surface area contributed by atoms with Crippen LogP contribution < -0.4 is 5.73 Å². The van der Waals surface area contributed by atoms with E-state index in [4.69, 9.17) is 5.73 Å². The summed E-state index contributed by atoms with van der Waals surface area (Å²) in [4.78, 5) is 14.1. The predicted octanol–water partition coefficient (Wildman–Crippen LogP) is 0.248. The van der Waals surface area contributed by atoms with Gasteiger partial charge in [0.05, 0.1) is 12.1 Å². The highest BCUT2D eigenvalue weighted by Gasteiger charge is 1.99. The third-order valence-corrected chi connectivity index (χ3v) is 1.13. The highest BCUT2D eigenvalue weighted by atomic mass is 19.1. The first-order valence-electron chi connectivity index (χ1n) is 3.07. The van der Waals surface area contributed by atoms with E-state index in [-0.39, 0.29) is 6.42 Å². The number of primary amides is 1. The number of rotatable bonds is 2. The van der Waals surface area contributed by atoms with Gasteiger partial charge in [-0.25, -0.2) is 4.39 Å². The van der Waals surface area contributed by atoms with Crippen LogP contribution in [0.4, 0.5) is 4.39 Å². The van der Waals surface area contributed by atoms with E-state index in [9.17, 15) is 9.18 Å². The Morgan fingerprint density at radius 1 is 1.73 bits per heavy atom. The maximum Gasteiger partial charge on any atom is 0.223 e. The fourth-order valence-corrected chi connectivity index (χ4v) is 0.724. The van der Waals surface area contributed by atoms with Crippen molar-refractivity contribution in [3.63, 3.8) is 0 Å². The van der Waals surface area contributed by atoms with Gasteiger partial charge in [-0.05, 0) is 12.1 Å². The number of pyridine rings is 1. The minimum Gasteiger partial charge on any atom is -0.369 e. The fourth-order valence-electron chi connectivity index (χ4n) is 0.724. The van der Waals surface area contributed by atoms with Crippen molar-refractivity contribution in [2.45, 2.75) is 6.42 Å². The maximum absolute atomic E-state index is 12.4. The van der Waals surface area contributed by atoms with Crippen LogP contribution >= 0.6 is 0 Å². The predicted molar refractivity (Wildman–Crippen MR) is 37.1 cm³/mol. The molecule has 0 aliphatic rings. The summed E-state index contributed by atoms with van der Waals surface area (Å²) in [6, 6.07) is 2.40. The van der Waals surface area contributed by atoms with Gasteiger partial charge >= 0.3 is 0 Å². The van der Waals surface area contributed by atoms with Gasteiger partial charge in [-0.3, -0.25) is 9.78 Å². The second-order valence-corrected chi connectivity index (χ2v) is 2.11. The lowest BCUT2D eigenvalue weighted by atomic mass is 10.2. The first kappa shape index (κ1) is 7.65. The standard InChI is InChI=1S/C7H7FN2O/c8-5-1-2-10-6(3-5)4-7(9)11/h1-3H,4H2,(H2,9,11). The molecule has 0 fully saturated rings. The number of hydrogen-bond donors (Lipinski definition) is 1. The minimum atomic E-state index is -0.511. The van der Waals surface area contributed by atoms with Crippen molar-refractivity contribution in [2.24, 2.45) is 5.73 Å². The van der Waals surface area contributed by atoms with Gasteiger partial charge in [0.1, 0.15) is 5.82 Å². The van der Waals surface area contributed by atoms with E-state index in [2.05, 4.69) is 4.98 Å². The molecule has 0 radical (unpaired) electrons. The summed E-state index contributed by atoms with van der Waals surface area (Å²) in [6.07, 6.45) is 1.28. The second-order valence-electron chi connectivity index (χ2n) is 2.11. The molecule has 0 unspecified atom stereocenters. The van der Waals surface area contributed by atoms with E-state index >= 15 is 0 Å². The van der Waals surface area contributed by atoms with Crippen molar-refractivity contribution >= 4 is 5.91 Å². The molecule has 1 rings (SSSR count). The topological polar surface area (TPSA) is 56.0 Å². The second kappa shape index (κ2) is 3.09. The lowest BCUT2D eigenvalue weighted by Crippen LogP contribution is -2.14. The third-order valence-electron chi connectivity index (χ3n) is 1.13. The number of carbonyl (C=O) groups is 1. The van der Waals surface area contributed by atoms with Gasteiger partial charge in [0.25, 0.3) is 0 Å². The Labute approximate surface area is 63.0 Å². The van der Waals surface area contributed by atoms with E-state index < -0.39 is 11.7 Å². The smallest absolute Gasteiger partial charge is 0.223 e. The molecule has 58 valence electrons. The summed E-state index contributed by atoms with van der Waals surface area (Å²) in [7, 11) is 0. The van der Waals surface area contributed by atoms with Crippen LogP contribution in [0.1, 0.15) is 5.69 Å². The summed E-state index contributed by atoms with van der Waals surface area (Å²) in [5.74, 6) is -0.917. The molecular weight excluding hydrogens is 147 g/mol. The molecule has 4 heteroatoms. The number of carbonyl (C=O) groups excluding carboxylic acids is 1. The quantitative estimate of drug-likeness (QED) is 0.663. The zero-order valence-corrected chi connectivity index (χ0v) is 5.75. The molecule has 0 saturated carbocycles. The number of amides is 1. The molecule has 0 aromatic carbocycles. The van der Waals surface area contributed by atoms with Crippen LogP contribution in [0, 0.1) is 5.82 Å².